The van der Waals surface area contributed by atoms with Crippen molar-refractivity contribution in [1.29, 1.82) is 0 Å². The largest absolute Gasteiger partial charge is 0.312 e. The van der Waals surface area contributed by atoms with Gasteiger partial charge in [-0.1, -0.05) is 54.6 Å². The summed E-state index contributed by atoms with van der Waals surface area (Å²) in [5.41, 5.74) is 3.83. The Hall–Kier alpha value is -1.69. The lowest BCUT2D eigenvalue weighted by molar-refractivity contribution is 0.329. The number of sulfonamides is 1. The van der Waals surface area contributed by atoms with E-state index in [2.05, 4.69) is 58.6 Å². The summed E-state index contributed by atoms with van der Waals surface area (Å²) in [5, 5.41) is 3.48. The van der Waals surface area contributed by atoms with E-state index in [0.717, 1.165) is 32.2 Å². The van der Waals surface area contributed by atoms with Gasteiger partial charge in [0.1, 0.15) is 0 Å². The molecule has 1 heterocycles. The van der Waals surface area contributed by atoms with Crippen LogP contribution in [0.15, 0.2) is 54.6 Å². The average molecular weight is 359 g/mol. The molecule has 0 aliphatic carbocycles. The van der Waals surface area contributed by atoms with Gasteiger partial charge in [-0.25, -0.2) is 13.1 Å². The highest BCUT2D eigenvalue weighted by atomic mass is 32.2. The molecule has 5 heteroatoms. The van der Waals surface area contributed by atoms with Gasteiger partial charge in [-0.2, -0.15) is 0 Å². The summed E-state index contributed by atoms with van der Waals surface area (Å²) in [6.45, 7) is 0.941. The maximum absolute atomic E-state index is 11.6. The van der Waals surface area contributed by atoms with Gasteiger partial charge in [0.15, 0.2) is 0 Å². The molecule has 2 aromatic carbocycles. The van der Waals surface area contributed by atoms with E-state index in [1.54, 1.807) is 0 Å². The van der Waals surface area contributed by atoms with Crippen molar-refractivity contribution in [3.63, 3.8) is 0 Å². The quantitative estimate of drug-likeness (QED) is 0.834. The summed E-state index contributed by atoms with van der Waals surface area (Å²) in [6, 6.07) is 19.1. The van der Waals surface area contributed by atoms with Crippen LogP contribution in [0.4, 0.5) is 0 Å². The molecule has 1 aliphatic heterocycles. The average Bonchev–Trinajstić information content (AvgIpc) is 2.57. The van der Waals surface area contributed by atoms with Gasteiger partial charge in [0.25, 0.3) is 0 Å². The van der Waals surface area contributed by atoms with Crippen LogP contribution in [0.2, 0.25) is 0 Å². The van der Waals surface area contributed by atoms with Crippen molar-refractivity contribution in [3.05, 3.63) is 71.3 Å². The molecule has 4 nitrogen and oxygen atoms in total. The van der Waals surface area contributed by atoms with Gasteiger partial charge in [0.05, 0.1) is 6.26 Å². The zero-order valence-corrected chi connectivity index (χ0v) is 15.4. The van der Waals surface area contributed by atoms with Crippen molar-refractivity contribution in [2.45, 2.75) is 37.8 Å². The number of hydrogen-bond acceptors (Lipinski definition) is 3. The number of rotatable bonds is 6. The van der Waals surface area contributed by atoms with Crippen molar-refractivity contribution in [2.75, 3.05) is 12.8 Å². The molecule has 0 spiro atoms. The van der Waals surface area contributed by atoms with Crippen molar-refractivity contribution in [2.24, 2.45) is 0 Å². The van der Waals surface area contributed by atoms with Crippen LogP contribution >= 0.6 is 0 Å². The molecule has 0 aromatic heterocycles. The van der Waals surface area contributed by atoms with Crippen LogP contribution in [0.5, 0.6) is 0 Å². The fraction of sp³-hybridized carbons (Fsp3) is 0.400. The Labute approximate surface area is 150 Å². The van der Waals surface area contributed by atoms with Crippen molar-refractivity contribution >= 4 is 10.0 Å². The molecular formula is C20H26N2O2S. The van der Waals surface area contributed by atoms with Crippen molar-refractivity contribution in [1.82, 2.24) is 10.0 Å². The van der Waals surface area contributed by atoms with E-state index >= 15 is 0 Å². The maximum atomic E-state index is 11.6. The summed E-state index contributed by atoms with van der Waals surface area (Å²) in [6.07, 6.45) is 4.86. The zero-order chi connectivity index (χ0) is 17.7. The van der Waals surface area contributed by atoms with Gasteiger partial charge >= 0.3 is 0 Å². The molecule has 134 valence electrons. The number of nitrogens with one attached hydrogen (secondary N) is 2. The number of benzene rings is 2. The molecule has 2 atom stereocenters. The van der Waals surface area contributed by atoms with Gasteiger partial charge in [0.2, 0.25) is 10.0 Å². The first kappa shape index (κ1) is 18.1. The van der Waals surface area contributed by atoms with E-state index in [-0.39, 0.29) is 12.1 Å². The molecule has 0 saturated carbocycles. The molecule has 0 amide bonds. The Morgan fingerprint density at radius 2 is 1.76 bits per heavy atom. The van der Waals surface area contributed by atoms with Crippen LogP contribution < -0.4 is 10.0 Å². The zero-order valence-electron chi connectivity index (χ0n) is 14.6. The highest BCUT2D eigenvalue weighted by molar-refractivity contribution is 7.88. The normalized spacial score (nSPS) is 21.2. The number of hydrogen-bond donors (Lipinski definition) is 2. The molecule has 1 aliphatic rings. The first-order chi connectivity index (χ1) is 12.0. The summed E-state index contributed by atoms with van der Waals surface area (Å²) < 4.78 is 26.0. The monoisotopic (exact) mass is 358 g/mol. The fourth-order valence-corrected chi connectivity index (χ4v) is 4.37. The van der Waals surface area contributed by atoms with Crippen LogP contribution in [-0.2, 0) is 22.9 Å². The molecule has 2 aromatic rings. The van der Waals surface area contributed by atoms with E-state index < -0.39 is 10.0 Å². The minimum Gasteiger partial charge on any atom is -0.312 e. The second-order valence-corrected chi connectivity index (χ2v) is 8.67. The lowest BCUT2D eigenvalue weighted by Gasteiger charge is -2.33. The standard InChI is InChI=1S/C20H26N2O2S/c1-25(23,24)22-19-11-6-12-21-20(19)15-18-10-5-9-17(14-18)13-16-7-3-2-4-8-16/h2-5,7-10,14,19-22H,6,11-13,15H2,1H3/t19-,20-/m0/s1. The Kier molecular flexibility index (Phi) is 5.89. The molecule has 3 rings (SSSR count). The Morgan fingerprint density at radius 1 is 1.04 bits per heavy atom. The van der Waals surface area contributed by atoms with Crippen LogP contribution in [-0.4, -0.2) is 33.3 Å². The molecule has 2 N–H and O–H groups in total. The Balaban J connectivity index is 1.70. The number of piperidine rings is 1. The first-order valence-corrected chi connectivity index (χ1v) is 10.7. The van der Waals surface area contributed by atoms with E-state index in [1.165, 1.54) is 22.9 Å². The predicted octanol–water partition coefficient (Wildman–Crippen LogP) is 2.49. The SMILES string of the molecule is CS(=O)(=O)N[C@H]1CCCN[C@H]1Cc1cccc(Cc2ccccc2)c1. The lowest BCUT2D eigenvalue weighted by Crippen LogP contribution is -2.54. The first-order valence-electron chi connectivity index (χ1n) is 8.82. The molecule has 1 saturated heterocycles. The molecule has 0 radical (unpaired) electrons. The van der Waals surface area contributed by atoms with E-state index in [0.29, 0.717) is 0 Å². The Bertz CT molecular complexity index is 790. The van der Waals surface area contributed by atoms with Crippen molar-refractivity contribution < 1.29 is 8.42 Å². The van der Waals surface area contributed by atoms with Crippen LogP contribution in [0.25, 0.3) is 0 Å². The van der Waals surface area contributed by atoms with Crippen molar-refractivity contribution in [3.8, 4) is 0 Å². The molecule has 0 unspecified atom stereocenters. The van der Waals surface area contributed by atoms with E-state index in [1.807, 2.05) is 6.07 Å². The fourth-order valence-electron chi connectivity index (χ4n) is 3.54. The smallest absolute Gasteiger partial charge is 0.209 e. The van der Waals surface area contributed by atoms with Gasteiger partial charge < -0.3 is 5.32 Å². The van der Waals surface area contributed by atoms with Crippen LogP contribution in [0, 0.1) is 0 Å². The van der Waals surface area contributed by atoms with E-state index in [4.69, 9.17) is 0 Å². The van der Waals surface area contributed by atoms with Gasteiger partial charge in [-0.15, -0.1) is 0 Å². The summed E-state index contributed by atoms with van der Waals surface area (Å²) in [5.74, 6) is 0. The minimum absolute atomic E-state index is 0.0403. The highest BCUT2D eigenvalue weighted by Gasteiger charge is 2.27. The summed E-state index contributed by atoms with van der Waals surface area (Å²) in [4.78, 5) is 0. The topological polar surface area (TPSA) is 58.2 Å². The third-order valence-corrected chi connectivity index (χ3v) is 5.38. The predicted molar refractivity (Wildman–Crippen MR) is 102 cm³/mol. The molecule has 1 fully saturated rings. The minimum atomic E-state index is -3.19. The van der Waals surface area contributed by atoms with Gasteiger partial charge in [0, 0.05) is 12.1 Å². The highest BCUT2D eigenvalue weighted by Crippen LogP contribution is 2.17. The van der Waals surface area contributed by atoms with Gasteiger partial charge in [-0.3, -0.25) is 0 Å². The third-order valence-electron chi connectivity index (χ3n) is 4.65. The van der Waals surface area contributed by atoms with E-state index in [9.17, 15) is 8.42 Å². The molecule has 25 heavy (non-hydrogen) atoms. The Morgan fingerprint density at radius 3 is 2.52 bits per heavy atom. The summed E-state index contributed by atoms with van der Waals surface area (Å²) >= 11 is 0. The molecular weight excluding hydrogens is 332 g/mol. The second kappa shape index (κ2) is 8.13. The molecule has 0 bridgehead atoms. The van der Waals surface area contributed by atoms with Crippen LogP contribution in [0.1, 0.15) is 29.5 Å². The second-order valence-electron chi connectivity index (χ2n) is 6.89. The summed E-state index contributed by atoms with van der Waals surface area (Å²) in [7, 11) is -3.19. The third kappa shape index (κ3) is 5.66. The van der Waals surface area contributed by atoms with Gasteiger partial charge in [-0.05, 0) is 48.9 Å². The maximum Gasteiger partial charge on any atom is 0.209 e. The lowest BCUT2D eigenvalue weighted by atomic mass is 9.92. The van der Waals surface area contributed by atoms with Crippen LogP contribution in [0.3, 0.4) is 0 Å².